The van der Waals surface area contributed by atoms with Gasteiger partial charge in [-0.15, -0.1) is 0 Å². The molecule has 3 heterocycles. The molecule has 0 bridgehead atoms. The van der Waals surface area contributed by atoms with E-state index in [0.29, 0.717) is 0 Å². The van der Waals surface area contributed by atoms with Crippen molar-refractivity contribution in [1.29, 1.82) is 0 Å². The first-order valence-corrected chi connectivity index (χ1v) is 20.0. The van der Waals surface area contributed by atoms with Gasteiger partial charge in [0.1, 0.15) is 0 Å². The summed E-state index contributed by atoms with van der Waals surface area (Å²) in [6.45, 7) is 2.24. The van der Waals surface area contributed by atoms with Gasteiger partial charge in [0.05, 0.1) is 33.1 Å². The van der Waals surface area contributed by atoms with Crippen LogP contribution in [-0.2, 0) is 0 Å². The molecular formula is C55H37N3. The molecule has 12 aromatic rings. The van der Waals surface area contributed by atoms with Crippen molar-refractivity contribution >= 4 is 65.4 Å². The maximum absolute atomic E-state index is 2.49. The molecule has 0 aliphatic heterocycles. The number of hydrogen-bond donors (Lipinski definition) is 0. The number of fused-ring (bicyclic) bond motifs is 10. The highest BCUT2D eigenvalue weighted by Crippen LogP contribution is 2.44. The Kier molecular flexibility index (Phi) is 7.14. The lowest BCUT2D eigenvalue weighted by Crippen LogP contribution is -1.96. The standard InChI is InChI=1S/C55H37N3/c1-36-13-12-22-51-53(36)46-32-34-52-54(55(46)58(51)42-29-25-40(26-30-42)38-16-6-3-7-17-38)45-19-9-11-21-49(45)57(52)43-31-33-50-47(35-43)44-18-8-10-20-48(44)56(50)41-27-23-39(24-28-41)37-14-4-2-5-15-37/h2-35H,1H3. The summed E-state index contributed by atoms with van der Waals surface area (Å²) in [5.74, 6) is 0. The zero-order valence-electron chi connectivity index (χ0n) is 32.0. The third kappa shape index (κ3) is 4.80. The van der Waals surface area contributed by atoms with Crippen molar-refractivity contribution in [1.82, 2.24) is 13.7 Å². The minimum atomic E-state index is 1.14. The zero-order valence-corrected chi connectivity index (χ0v) is 32.0. The number of rotatable bonds is 5. The molecule has 58 heavy (non-hydrogen) atoms. The van der Waals surface area contributed by atoms with E-state index in [1.54, 1.807) is 0 Å². The monoisotopic (exact) mass is 739 g/mol. The van der Waals surface area contributed by atoms with Crippen LogP contribution in [0, 0.1) is 6.92 Å². The van der Waals surface area contributed by atoms with Crippen LogP contribution in [0.1, 0.15) is 5.56 Å². The first-order chi connectivity index (χ1) is 28.7. The topological polar surface area (TPSA) is 14.8 Å². The van der Waals surface area contributed by atoms with E-state index in [0.717, 1.165) is 17.1 Å². The van der Waals surface area contributed by atoms with Crippen LogP contribution in [0.4, 0.5) is 0 Å². The maximum atomic E-state index is 2.49. The van der Waals surface area contributed by atoms with E-state index in [4.69, 9.17) is 0 Å². The van der Waals surface area contributed by atoms with Gasteiger partial charge in [0.2, 0.25) is 0 Å². The molecule has 0 atom stereocenters. The van der Waals surface area contributed by atoms with E-state index in [1.165, 1.54) is 93.2 Å². The van der Waals surface area contributed by atoms with E-state index >= 15 is 0 Å². The Morgan fingerprint density at radius 2 is 0.741 bits per heavy atom. The van der Waals surface area contributed by atoms with E-state index < -0.39 is 0 Å². The predicted octanol–water partition coefficient (Wildman–Crippen LogP) is 14.6. The smallest absolute Gasteiger partial charge is 0.0641 e. The fourth-order valence-electron chi connectivity index (χ4n) is 9.58. The Morgan fingerprint density at radius 3 is 1.41 bits per heavy atom. The molecule has 0 radical (unpaired) electrons. The van der Waals surface area contributed by atoms with Crippen LogP contribution in [0.15, 0.2) is 206 Å². The van der Waals surface area contributed by atoms with Crippen LogP contribution in [0.3, 0.4) is 0 Å². The minimum Gasteiger partial charge on any atom is -0.309 e. The summed E-state index contributed by atoms with van der Waals surface area (Å²) < 4.78 is 7.37. The highest BCUT2D eigenvalue weighted by atomic mass is 15.0. The number of aryl methyl sites for hydroxylation is 1. The average molecular weight is 740 g/mol. The van der Waals surface area contributed by atoms with Crippen molar-refractivity contribution in [2.75, 3.05) is 0 Å². The summed E-state index contributed by atoms with van der Waals surface area (Å²) in [6.07, 6.45) is 0. The summed E-state index contributed by atoms with van der Waals surface area (Å²) in [6, 6.07) is 75.4. The Balaban J connectivity index is 1.09. The normalized spacial score (nSPS) is 11.9. The number of aromatic nitrogens is 3. The van der Waals surface area contributed by atoms with Gasteiger partial charge in [-0.05, 0) is 101 Å². The van der Waals surface area contributed by atoms with Gasteiger partial charge in [-0.1, -0.05) is 140 Å². The maximum Gasteiger partial charge on any atom is 0.0641 e. The Hall–Kier alpha value is -7.62. The van der Waals surface area contributed by atoms with E-state index in [1.807, 2.05) is 0 Å². The zero-order chi connectivity index (χ0) is 38.3. The van der Waals surface area contributed by atoms with Gasteiger partial charge in [0.15, 0.2) is 0 Å². The molecule has 0 spiro atoms. The summed E-state index contributed by atoms with van der Waals surface area (Å²) in [5, 5.41) is 7.55. The van der Waals surface area contributed by atoms with Crippen LogP contribution in [-0.4, -0.2) is 13.7 Å². The average Bonchev–Trinajstić information content (AvgIpc) is 3.93. The number of benzene rings is 9. The highest BCUT2D eigenvalue weighted by Gasteiger charge is 2.22. The number of para-hydroxylation sites is 2. The molecule has 272 valence electrons. The molecule has 0 saturated carbocycles. The fourth-order valence-corrected chi connectivity index (χ4v) is 9.58. The molecule has 0 aliphatic carbocycles. The third-order valence-electron chi connectivity index (χ3n) is 12.2. The molecule has 0 amide bonds. The SMILES string of the molecule is Cc1cccc2c1c1ccc3c(c4ccccc4n3-c3ccc4c(c3)c3ccccc3n4-c3ccc(-c4ccccc4)cc3)c1n2-c1ccc(-c2ccccc2)cc1. The van der Waals surface area contributed by atoms with Crippen LogP contribution >= 0.6 is 0 Å². The van der Waals surface area contributed by atoms with Gasteiger partial charge in [0, 0.05) is 49.4 Å². The lowest BCUT2D eigenvalue weighted by molar-refractivity contribution is 1.16. The molecule has 0 aliphatic rings. The number of nitrogens with zero attached hydrogens (tertiary/aromatic N) is 3. The van der Waals surface area contributed by atoms with Gasteiger partial charge in [-0.2, -0.15) is 0 Å². The molecule has 3 aromatic heterocycles. The highest BCUT2D eigenvalue weighted by molar-refractivity contribution is 6.26. The van der Waals surface area contributed by atoms with Crippen molar-refractivity contribution in [3.05, 3.63) is 212 Å². The van der Waals surface area contributed by atoms with Crippen LogP contribution < -0.4 is 0 Å². The predicted molar refractivity (Wildman–Crippen MR) is 245 cm³/mol. The minimum absolute atomic E-state index is 1.14. The second-order valence-corrected chi connectivity index (χ2v) is 15.4. The summed E-state index contributed by atoms with van der Waals surface area (Å²) in [7, 11) is 0. The van der Waals surface area contributed by atoms with Gasteiger partial charge >= 0.3 is 0 Å². The van der Waals surface area contributed by atoms with Crippen molar-refractivity contribution in [2.45, 2.75) is 6.92 Å². The second kappa shape index (κ2) is 12.7. The Morgan fingerprint density at radius 1 is 0.276 bits per heavy atom. The van der Waals surface area contributed by atoms with Crippen molar-refractivity contribution in [3.8, 4) is 39.3 Å². The van der Waals surface area contributed by atoms with Gasteiger partial charge in [0.25, 0.3) is 0 Å². The molecular weight excluding hydrogens is 703 g/mol. The molecule has 0 saturated heterocycles. The van der Waals surface area contributed by atoms with Crippen molar-refractivity contribution < 1.29 is 0 Å². The third-order valence-corrected chi connectivity index (χ3v) is 12.2. The summed E-state index contributed by atoms with van der Waals surface area (Å²) >= 11 is 0. The van der Waals surface area contributed by atoms with Gasteiger partial charge in [-0.3, -0.25) is 0 Å². The number of hydrogen-bond acceptors (Lipinski definition) is 0. The molecule has 3 heteroatoms. The largest absolute Gasteiger partial charge is 0.309 e. The molecule has 9 aromatic carbocycles. The van der Waals surface area contributed by atoms with E-state index in [-0.39, 0.29) is 0 Å². The molecule has 12 rings (SSSR count). The van der Waals surface area contributed by atoms with Gasteiger partial charge < -0.3 is 13.7 Å². The van der Waals surface area contributed by atoms with Crippen molar-refractivity contribution in [2.24, 2.45) is 0 Å². The second-order valence-electron chi connectivity index (χ2n) is 15.4. The lowest BCUT2D eigenvalue weighted by Gasteiger charge is -2.12. The fraction of sp³-hybridized carbons (Fsp3) is 0.0182. The summed E-state index contributed by atoms with van der Waals surface area (Å²) in [5.41, 5.74) is 16.8. The quantitative estimate of drug-likeness (QED) is 0.167. The van der Waals surface area contributed by atoms with Gasteiger partial charge in [-0.25, -0.2) is 0 Å². The first kappa shape index (κ1) is 32.6. The molecule has 0 fully saturated rings. The Bertz CT molecular complexity index is 3530. The van der Waals surface area contributed by atoms with Crippen molar-refractivity contribution in [3.63, 3.8) is 0 Å². The molecule has 3 nitrogen and oxygen atoms in total. The van der Waals surface area contributed by atoms with Crippen LogP contribution in [0.5, 0.6) is 0 Å². The first-order valence-electron chi connectivity index (χ1n) is 20.0. The van der Waals surface area contributed by atoms with E-state index in [2.05, 4.69) is 227 Å². The lowest BCUT2D eigenvalue weighted by atomic mass is 10.0. The molecule has 0 N–H and O–H groups in total. The van der Waals surface area contributed by atoms with Crippen LogP contribution in [0.2, 0.25) is 0 Å². The molecule has 0 unspecified atom stereocenters. The summed E-state index contributed by atoms with van der Waals surface area (Å²) in [4.78, 5) is 0. The van der Waals surface area contributed by atoms with E-state index in [9.17, 15) is 0 Å². The Labute approximate surface area is 335 Å². The van der Waals surface area contributed by atoms with Crippen LogP contribution in [0.25, 0.3) is 105 Å².